The monoisotopic (exact) mass is 477 g/mol. The number of hydrogen-bond donors (Lipinski definition) is 2. The summed E-state index contributed by atoms with van der Waals surface area (Å²) < 4.78 is 10.5. The topological polar surface area (TPSA) is 95.1 Å². The van der Waals surface area contributed by atoms with Gasteiger partial charge in [-0.05, 0) is 55.0 Å². The van der Waals surface area contributed by atoms with Crippen molar-refractivity contribution in [3.63, 3.8) is 0 Å². The zero-order chi connectivity index (χ0) is 23.9. The van der Waals surface area contributed by atoms with E-state index < -0.39 is 0 Å². The molecule has 0 aliphatic carbocycles. The Hall–Kier alpha value is -3.10. The van der Waals surface area contributed by atoms with Gasteiger partial charge in [-0.2, -0.15) is 0 Å². The highest BCUT2D eigenvalue weighted by atomic mass is 32.2. The molecule has 0 bridgehead atoms. The molecule has 7 nitrogen and oxygen atoms in total. The van der Waals surface area contributed by atoms with Crippen molar-refractivity contribution in [3.8, 4) is 0 Å². The first-order valence-electron chi connectivity index (χ1n) is 11.7. The number of esters is 1. The van der Waals surface area contributed by atoms with E-state index >= 15 is 0 Å². The highest BCUT2D eigenvalue weighted by Gasteiger charge is 2.16. The highest BCUT2D eigenvalue weighted by molar-refractivity contribution is 7.97. The van der Waals surface area contributed by atoms with Crippen molar-refractivity contribution in [3.05, 3.63) is 59.9 Å². The molecule has 3 N–H and O–H groups in total. The Bertz CT molecular complexity index is 1270. The number of methoxy groups -OCH3 is 1. The van der Waals surface area contributed by atoms with Crippen LogP contribution in [0.25, 0.3) is 21.9 Å². The van der Waals surface area contributed by atoms with Crippen LogP contribution in [0.5, 0.6) is 0 Å². The summed E-state index contributed by atoms with van der Waals surface area (Å²) >= 11 is 1.63. The van der Waals surface area contributed by atoms with E-state index in [4.69, 9.17) is 15.5 Å². The predicted molar refractivity (Wildman–Crippen MR) is 139 cm³/mol. The smallest absolute Gasteiger partial charge is 0.305 e. The van der Waals surface area contributed by atoms with Crippen molar-refractivity contribution >= 4 is 45.7 Å². The minimum atomic E-state index is -0.178. The van der Waals surface area contributed by atoms with Crippen molar-refractivity contribution in [2.24, 2.45) is 0 Å². The number of aromatic nitrogens is 3. The molecule has 0 atom stereocenters. The number of carbonyl (C=O) groups excluding carboxylic acids is 1. The summed E-state index contributed by atoms with van der Waals surface area (Å²) in [5.74, 6) is 1.37. The number of rotatable bonds is 11. The normalized spacial score (nSPS) is 11.4. The van der Waals surface area contributed by atoms with Crippen molar-refractivity contribution in [1.82, 2.24) is 19.3 Å². The second kappa shape index (κ2) is 11.4. The van der Waals surface area contributed by atoms with Gasteiger partial charge in [-0.25, -0.2) is 9.97 Å². The first kappa shape index (κ1) is 24.0. The van der Waals surface area contributed by atoms with E-state index in [2.05, 4.69) is 51.5 Å². The average molecular weight is 478 g/mol. The molecule has 0 unspecified atom stereocenters. The van der Waals surface area contributed by atoms with Gasteiger partial charge in [-0.1, -0.05) is 37.3 Å². The Labute approximate surface area is 204 Å². The lowest BCUT2D eigenvalue weighted by molar-refractivity contribution is -0.140. The van der Waals surface area contributed by atoms with Crippen LogP contribution in [0.3, 0.4) is 0 Å². The largest absolute Gasteiger partial charge is 0.469 e. The number of nitrogen functional groups attached to an aromatic ring is 1. The molecule has 0 aliphatic rings. The molecule has 0 fully saturated rings. The number of fused-ring (bicyclic) bond motifs is 3. The van der Waals surface area contributed by atoms with Crippen molar-refractivity contribution < 1.29 is 9.53 Å². The Balaban J connectivity index is 1.30. The Morgan fingerprint density at radius 2 is 1.91 bits per heavy atom. The van der Waals surface area contributed by atoms with Gasteiger partial charge >= 0.3 is 5.97 Å². The van der Waals surface area contributed by atoms with Gasteiger partial charge in [0.1, 0.15) is 11.3 Å². The Morgan fingerprint density at radius 3 is 2.68 bits per heavy atom. The lowest BCUT2D eigenvalue weighted by Crippen LogP contribution is -2.09. The minimum Gasteiger partial charge on any atom is -0.469 e. The van der Waals surface area contributed by atoms with Crippen LogP contribution in [0, 0.1) is 0 Å². The van der Waals surface area contributed by atoms with E-state index in [0.717, 1.165) is 70.6 Å². The van der Waals surface area contributed by atoms with Crippen LogP contribution in [0.2, 0.25) is 0 Å². The fourth-order valence-electron chi connectivity index (χ4n) is 4.09. The number of ether oxygens (including phenoxy) is 1. The summed E-state index contributed by atoms with van der Waals surface area (Å²) in [4.78, 5) is 21.8. The molecule has 0 radical (unpaired) electrons. The average Bonchev–Trinajstić information content (AvgIpc) is 3.25. The molecule has 4 rings (SSSR count). The van der Waals surface area contributed by atoms with E-state index in [9.17, 15) is 4.79 Å². The van der Waals surface area contributed by atoms with Crippen molar-refractivity contribution in [2.75, 3.05) is 19.4 Å². The molecule has 8 heteroatoms. The van der Waals surface area contributed by atoms with Crippen LogP contribution in [-0.4, -0.2) is 34.2 Å². The van der Waals surface area contributed by atoms with Crippen molar-refractivity contribution in [1.29, 1.82) is 0 Å². The molecule has 4 aromatic rings. The summed E-state index contributed by atoms with van der Waals surface area (Å²) in [6.07, 6.45) is 4.05. The summed E-state index contributed by atoms with van der Waals surface area (Å²) in [5, 5.41) is 1.10. The summed E-state index contributed by atoms with van der Waals surface area (Å²) in [6, 6.07) is 16.4. The van der Waals surface area contributed by atoms with Crippen LogP contribution in [0.1, 0.15) is 37.6 Å². The molecule has 34 heavy (non-hydrogen) atoms. The first-order valence-corrected chi connectivity index (χ1v) is 12.5. The van der Waals surface area contributed by atoms with Gasteiger partial charge in [0.2, 0.25) is 0 Å². The number of pyridine rings is 1. The summed E-state index contributed by atoms with van der Waals surface area (Å²) in [7, 11) is 1.42. The number of aryl methyl sites for hydroxylation is 3. The van der Waals surface area contributed by atoms with E-state index in [0.29, 0.717) is 18.7 Å². The van der Waals surface area contributed by atoms with Gasteiger partial charge in [-0.15, -0.1) is 0 Å². The summed E-state index contributed by atoms with van der Waals surface area (Å²) in [6.45, 7) is 3.93. The maximum Gasteiger partial charge on any atom is 0.305 e. The third-order valence-corrected chi connectivity index (χ3v) is 6.73. The standard InChI is InChI=1S/C26H31N5O2S/c1-3-22-30-24-25(20-8-4-5-9-21(20)29-26(24)27)31(22)17-7-6-16-28-34-19-13-10-18(11-14-19)12-15-23(32)33-2/h4-5,8-11,13-14,28H,3,6-7,12,15-17H2,1-2H3,(H2,27,29). The van der Waals surface area contributed by atoms with Gasteiger partial charge in [-0.3, -0.25) is 9.52 Å². The highest BCUT2D eigenvalue weighted by Crippen LogP contribution is 2.29. The van der Waals surface area contributed by atoms with Crippen LogP contribution >= 0.6 is 11.9 Å². The van der Waals surface area contributed by atoms with Gasteiger partial charge in [0.05, 0.1) is 18.1 Å². The van der Waals surface area contributed by atoms with Gasteiger partial charge in [0.15, 0.2) is 5.82 Å². The van der Waals surface area contributed by atoms with Crippen LogP contribution in [0.4, 0.5) is 5.82 Å². The third kappa shape index (κ3) is 5.51. The van der Waals surface area contributed by atoms with Crippen LogP contribution in [0.15, 0.2) is 53.4 Å². The number of para-hydroxylation sites is 1. The molecule has 178 valence electrons. The van der Waals surface area contributed by atoms with Gasteiger partial charge in [0, 0.05) is 36.2 Å². The maximum absolute atomic E-state index is 11.3. The van der Waals surface area contributed by atoms with E-state index in [1.165, 1.54) is 7.11 Å². The fourth-order valence-corrected chi connectivity index (χ4v) is 4.77. The van der Waals surface area contributed by atoms with E-state index in [1.54, 1.807) is 11.9 Å². The molecular weight excluding hydrogens is 446 g/mol. The lowest BCUT2D eigenvalue weighted by atomic mass is 10.1. The zero-order valence-corrected chi connectivity index (χ0v) is 20.5. The van der Waals surface area contributed by atoms with E-state index in [1.807, 2.05) is 18.2 Å². The number of carbonyl (C=O) groups is 1. The molecule has 0 saturated carbocycles. The lowest BCUT2D eigenvalue weighted by Gasteiger charge is -2.10. The number of nitrogens with zero attached hydrogens (tertiary/aromatic N) is 3. The zero-order valence-electron chi connectivity index (χ0n) is 19.7. The van der Waals surface area contributed by atoms with Gasteiger partial charge < -0.3 is 15.0 Å². The Morgan fingerprint density at radius 1 is 1.12 bits per heavy atom. The molecular formula is C26H31N5O2S. The third-order valence-electron chi connectivity index (χ3n) is 5.87. The fraction of sp³-hybridized carbons (Fsp3) is 0.346. The number of nitrogens with two attached hydrogens (primary N) is 1. The molecule has 0 saturated heterocycles. The second-order valence-corrected chi connectivity index (χ2v) is 9.13. The van der Waals surface area contributed by atoms with Crippen molar-refractivity contribution in [2.45, 2.75) is 50.5 Å². The Kier molecular flexibility index (Phi) is 8.03. The molecule has 0 amide bonds. The number of imidazole rings is 1. The minimum absolute atomic E-state index is 0.178. The molecule has 2 aromatic carbocycles. The molecule has 0 spiro atoms. The van der Waals surface area contributed by atoms with E-state index in [-0.39, 0.29) is 5.97 Å². The number of unbranched alkanes of at least 4 members (excludes halogenated alkanes) is 1. The quantitative estimate of drug-likeness (QED) is 0.180. The van der Waals surface area contributed by atoms with Crippen LogP contribution < -0.4 is 10.5 Å². The SMILES string of the molecule is CCc1nc2c(N)nc3ccccc3c2n1CCCCNSc1ccc(CCC(=O)OC)cc1. The number of benzene rings is 2. The number of hydrogen-bond acceptors (Lipinski definition) is 7. The number of anilines is 1. The predicted octanol–water partition coefficient (Wildman–Crippen LogP) is 4.91. The molecule has 2 heterocycles. The summed E-state index contributed by atoms with van der Waals surface area (Å²) in [5.41, 5.74) is 10.2. The van der Waals surface area contributed by atoms with Crippen LogP contribution in [-0.2, 0) is 28.9 Å². The second-order valence-electron chi connectivity index (χ2n) is 8.17. The number of nitrogens with one attached hydrogen (secondary N) is 1. The first-order chi connectivity index (χ1) is 16.6. The maximum atomic E-state index is 11.3. The molecule has 2 aromatic heterocycles. The van der Waals surface area contributed by atoms with Gasteiger partial charge in [0.25, 0.3) is 0 Å². The molecule has 0 aliphatic heterocycles.